The molecule has 0 fully saturated rings. The molecule has 0 N–H and O–H groups in total. The number of alkyl halides is 1. The van der Waals surface area contributed by atoms with Crippen molar-refractivity contribution in [2.45, 2.75) is 6.67 Å². The molecule has 0 aliphatic carbocycles. The topological polar surface area (TPSA) is 0 Å². The molecule has 0 spiro atoms. The van der Waals surface area contributed by atoms with E-state index in [2.05, 4.69) is 18.2 Å². The maximum Gasteiger partial charge on any atom is 0.115 e. The Bertz CT molecular complexity index is 687. The quantitative estimate of drug-likeness (QED) is 0.585. The molecular formula is C19H15F. The van der Waals surface area contributed by atoms with Crippen molar-refractivity contribution in [3.63, 3.8) is 0 Å². The summed E-state index contributed by atoms with van der Waals surface area (Å²) in [4.78, 5) is 0. The Morgan fingerprint density at radius 3 is 1.80 bits per heavy atom. The van der Waals surface area contributed by atoms with Crippen molar-refractivity contribution in [1.82, 2.24) is 0 Å². The fraction of sp³-hybridized carbons (Fsp3) is 0.0526. The van der Waals surface area contributed by atoms with E-state index >= 15 is 0 Å². The van der Waals surface area contributed by atoms with Gasteiger partial charge in [-0.25, -0.2) is 4.39 Å². The molecule has 0 nitrogen and oxygen atoms in total. The maximum atomic E-state index is 13.4. The van der Waals surface area contributed by atoms with Crippen molar-refractivity contribution in [2.24, 2.45) is 0 Å². The average molecular weight is 262 g/mol. The second-order valence-corrected chi connectivity index (χ2v) is 4.71. The van der Waals surface area contributed by atoms with Crippen LogP contribution in [0.1, 0.15) is 5.56 Å². The summed E-state index contributed by atoms with van der Waals surface area (Å²) in [7, 11) is 0. The van der Waals surface area contributed by atoms with Crippen LogP contribution in [-0.4, -0.2) is 0 Å². The Labute approximate surface area is 118 Å². The Hall–Kier alpha value is -2.41. The zero-order chi connectivity index (χ0) is 13.8. The molecule has 0 heterocycles. The predicted octanol–water partition coefficient (Wildman–Crippen LogP) is 5.49. The van der Waals surface area contributed by atoms with E-state index in [0.717, 1.165) is 27.8 Å². The standard InChI is InChI=1S/C19H15F/c20-14-17-12-7-13-18(15-8-3-1-4-9-15)19(17)16-10-5-2-6-11-16/h1-13H,14H2. The number of hydrogen-bond donors (Lipinski definition) is 0. The second-order valence-electron chi connectivity index (χ2n) is 4.71. The van der Waals surface area contributed by atoms with Gasteiger partial charge in [0.2, 0.25) is 0 Å². The highest BCUT2D eigenvalue weighted by molar-refractivity contribution is 5.85. The molecule has 0 saturated heterocycles. The van der Waals surface area contributed by atoms with Gasteiger partial charge in [0.25, 0.3) is 0 Å². The van der Waals surface area contributed by atoms with Crippen molar-refractivity contribution in [2.75, 3.05) is 0 Å². The molecule has 0 atom stereocenters. The Morgan fingerprint density at radius 1 is 0.600 bits per heavy atom. The van der Waals surface area contributed by atoms with E-state index in [1.54, 1.807) is 0 Å². The lowest BCUT2D eigenvalue weighted by atomic mass is 9.91. The molecule has 20 heavy (non-hydrogen) atoms. The molecule has 0 aliphatic heterocycles. The van der Waals surface area contributed by atoms with Crippen molar-refractivity contribution >= 4 is 0 Å². The molecule has 0 amide bonds. The van der Waals surface area contributed by atoms with E-state index in [1.165, 1.54) is 0 Å². The lowest BCUT2D eigenvalue weighted by Gasteiger charge is -2.14. The summed E-state index contributed by atoms with van der Waals surface area (Å²) in [5, 5.41) is 0. The van der Waals surface area contributed by atoms with Gasteiger partial charge in [0, 0.05) is 0 Å². The van der Waals surface area contributed by atoms with Gasteiger partial charge in [0.1, 0.15) is 6.67 Å². The average Bonchev–Trinajstić information content (AvgIpc) is 2.55. The SMILES string of the molecule is FCc1cccc(-c2ccccc2)c1-c1ccccc1. The van der Waals surface area contributed by atoms with E-state index < -0.39 is 6.67 Å². The molecule has 0 unspecified atom stereocenters. The molecule has 3 aromatic rings. The summed E-state index contributed by atoms with van der Waals surface area (Å²) in [6.07, 6.45) is 0. The van der Waals surface area contributed by atoms with Crippen LogP contribution in [0.2, 0.25) is 0 Å². The molecule has 0 aromatic heterocycles. The number of hydrogen-bond acceptors (Lipinski definition) is 0. The highest BCUT2D eigenvalue weighted by atomic mass is 19.1. The van der Waals surface area contributed by atoms with Gasteiger partial charge >= 0.3 is 0 Å². The largest absolute Gasteiger partial charge is 0.246 e. The molecule has 98 valence electrons. The van der Waals surface area contributed by atoms with Crippen LogP contribution in [0, 0.1) is 0 Å². The van der Waals surface area contributed by atoms with Crippen LogP contribution in [0.25, 0.3) is 22.3 Å². The van der Waals surface area contributed by atoms with Gasteiger partial charge < -0.3 is 0 Å². The number of benzene rings is 3. The normalized spacial score (nSPS) is 10.4. The lowest BCUT2D eigenvalue weighted by Crippen LogP contribution is -1.91. The monoisotopic (exact) mass is 262 g/mol. The van der Waals surface area contributed by atoms with E-state index in [0.29, 0.717) is 0 Å². The highest BCUT2D eigenvalue weighted by Gasteiger charge is 2.11. The summed E-state index contributed by atoms with van der Waals surface area (Å²) in [5.74, 6) is 0. The molecular weight excluding hydrogens is 247 g/mol. The van der Waals surface area contributed by atoms with Crippen molar-refractivity contribution in [3.05, 3.63) is 84.4 Å². The van der Waals surface area contributed by atoms with Crippen molar-refractivity contribution < 1.29 is 4.39 Å². The fourth-order valence-corrected chi connectivity index (χ4v) is 2.52. The molecule has 0 aliphatic rings. The van der Waals surface area contributed by atoms with Crippen molar-refractivity contribution in [3.8, 4) is 22.3 Å². The van der Waals surface area contributed by atoms with Gasteiger partial charge in [-0.3, -0.25) is 0 Å². The van der Waals surface area contributed by atoms with Gasteiger partial charge in [-0.1, -0.05) is 78.9 Å². The summed E-state index contributed by atoms with van der Waals surface area (Å²) < 4.78 is 13.4. The van der Waals surface area contributed by atoms with E-state index in [1.807, 2.05) is 60.7 Å². The van der Waals surface area contributed by atoms with Crippen LogP contribution in [0.4, 0.5) is 4.39 Å². The third kappa shape index (κ3) is 2.35. The predicted molar refractivity (Wildman–Crippen MR) is 82.1 cm³/mol. The molecule has 1 heteroatoms. The first kappa shape index (κ1) is 12.6. The summed E-state index contributed by atoms with van der Waals surface area (Å²) in [5.41, 5.74) is 4.97. The molecule has 0 bridgehead atoms. The minimum Gasteiger partial charge on any atom is -0.246 e. The lowest BCUT2D eigenvalue weighted by molar-refractivity contribution is 0.486. The second kappa shape index (κ2) is 5.70. The first-order valence-corrected chi connectivity index (χ1v) is 6.69. The van der Waals surface area contributed by atoms with Gasteiger partial charge in [-0.2, -0.15) is 0 Å². The Kier molecular flexibility index (Phi) is 3.60. The first-order valence-electron chi connectivity index (χ1n) is 6.69. The fourth-order valence-electron chi connectivity index (χ4n) is 2.52. The molecule has 0 radical (unpaired) electrons. The highest BCUT2D eigenvalue weighted by Crippen LogP contribution is 2.35. The minimum atomic E-state index is -0.453. The van der Waals surface area contributed by atoms with Crippen LogP contribution >= 0.6 is 0 Å². The first-order chi connectivity index (χ1) is 9.90. The van der Waals surface area contributed by atoms with Gasteiger partial charge in [-0.05, 0) is 27.8 Å². The van der Waals surface area contributed by atoms with E-state index in [9.17, 15) is 4.39 Å². The van der Waals surface area contributed by atoms with Crippen molar-refractivity contribution in [1.29, 1.82) is 0 Å². The van der Waals surface area contributed by atoms with E-state index in [4.69, 9.17) is 0 Å². The maximum absolute atomic E-state index is 13.4. The van der Waals surface area contributed by atoms with Gasteiger partial charge in [-0.15, -0.1) is 0 Å². The molecule has 3 aromatic carbocycles. The zero-order valence-electron chi connectivity index (χ0n) is 11.1. The van der Waals surface area contributed by atoms with Crippen LogP contribution in [-0.2, 0) is 6.67 Å². The van der Waals surface area contributed by atoms with Gasteiger partial charge in [0.05, 0.1) is 0 Å². The van der Waals surface area contributed by atoms with Crippen LogP contribution < -0.4 is 0 Å². The molecule has 0 saturated carbocycles. The Morgan fingerprint density at radius 2 is 1.20 bits per heavy atom. The third-order valence-electron chi connectivity index (χ3n) is 3.44. The van der Waals surface area contributed by atoms with Crippen LogP contribution in [0.15, 0.2) is 78.9 Å². The summed E-state index contributed by atoms with van der Waals surface area (Å²) in [6.45, 7) is -0.453. The Balaban J connectivity index is 2.26. The number of rotatable bonds is 3. The summed E-state index contributed by atoms with van der Waals surface area (Å²) >= 11 is 0. The third-order valence-corrected chi connectivity index (χ3v) is 3.44. The smallest absolute Gasteiger partial charge is 0.115 e. The summed E-state index contributed by atoms with van der Waals surface area (Å²) in [6, 6.07) is 26.0. The van der Waals surface area contributed by atoms with E-state index in [-0.39, 0.29) is 0 Å². The van der Waals surface area contributed by atoms with Gasteiger partial charge in [0.15, 0.2) is 0 Å². The minimum absolute atomic E-state index is 0.453. The van der Waals surface area contributed by atoms with Crippen LogP contribution in [0.5, 0.6) is 0 Å². The molecule has 3 rings (SSSR count). The zero-order valence-corrected chi connectivity index (χ0v) is 11.1. The van der Waals surface area contributed by atoms with Crippen LogP contribution in [0.3, 0.4) is 0 Å². The number of halogens is 1.